The van der Waals surface area contributed by atoms with Crippen LogP contribution in [0.1, 0.15) is 87.6 Å². The molecule has 0 fully saturated rings. The van der Waals surface area contributed by atoms with Crippen LogP contribution in [0.15, 0.2) is 71.6 Å². The highest BCUT2D eigenvalue weighted by molar-refractivity contribution is 7.98. The van der Waals surface area contributed by atoms with Crippen molar-refractivity contribution in [3.05, 3.63) is 105 Å². The number of benzene rings is 3. The molecule has 1 aliphatic rings. The summed E-state index contributed by atoms with van der Waals surface area (Å²) in [5, 5.41) is 18.4. The summed E-state index contributed by atoms with van der Waals surface area (Å²) in [5.41, 5.74) is 4.56. The van der Waals surface area contributed by atoms with Gasteiger partial charge in [-0.2, -0.15) is 5.10 Å². The number of amides is 3. The van der Waals surface area contributed by atoms with E-state index in [1.807, 2.05) is 48.4 Å². The average molecular weight is 702 g/mol. The summed E-state index contributed by atoms with van der Waals surface area (Å²) in [7, 11) is 0. The number of nitrogens with zero attached hydrogens (tertiary/aromatic N) is 4. The van der Waals surface area contributed by atoms with Gasteiger partial charge in [-0.25, -0.2) is 4.68 Å². The maximum atomic E-state index is 14.6. The van der Waals surface area contributed by atoms with Crippen LogP contribution in [0, 0.1) is 6.92 Å². The number of fused-ring (bicyclic) bond motifs is 1. The van der Waals surface area contributed by atoms with E-state index in [2.05, 4.69) is 19.2 Å². The van der Waals surface area contributed by atoms with Gasteiger partial charge in [-0.05, 0) is 86.0 Å². The van der Waals surface area contributed by atoms with Gasteiger partial charge >= 0.3 is 0 Å². The third-order valence-corrected chi connectivity index (χ3v) is 9.97. The third kappa shape index (κ3) is 8.20. The first-order valence-corrected chi connectivity index (χ1v) is 18.4. The van der Waals surface area contributed by atoms with Crippen molar-refractivity contribution in [1.82, 2.24) is 19.6 Å². The highest BCUT2D eigenvalue weighted by Crippen LogP contribution is 2.30. The van der Waals surface area contributed by atoms with Crippen molar-refractivity contribution in [3.63, 3.8) is 0 Å². The van der Waals surface area contributed by atoms with Gasteiger partial charge in [-0.1, -0.05) is 62.6 Å². The van der Waals surface area contributed by atoms with E-state index in [1.165, 1.54) is 11.8 Å². The Labute approximate surface area is 297 Å². The van der Waals surface area contributed by atoms with E-state index in [9.17, 15) is 19.5 Å². The molecule has 0 spiro atoms. The molecule has 49 heavy (non-hydrogen) atoms. The number of halogens is 1. The van der Waals surface area contributed by atoms with Gasteiger partial charge in [-0.15, -0.1) is 11.8 Å². The third-order valence-electron chi connectivity index (χ3n) is 8.92. The maximum Gasteiger partial charge on any atom is 0.274 e. The van der Waals surface area contributed by atoms with E-state index in [0.29, 0.717) is 59.4 Å². The fraction of sp³-hybridized carbons (Fsp3) is 0.368. The van der Waals surface area contributed by atoms with Gasteiger partial charge in [0.2, 0.25) is 0 Å². The number of unbranched alkanes of at least 4 members (excludes halogenated alkanes) is 2. The van der Waals surface area contributed by atoms with Crippen molar-refractivity contribution >= 4 is 46.8 Å². The Hall–Kier alpha value is -4.12. The average Bonchev–Trinajstić information content (AvgIpc) is 3.51. The summed E-state index contributed by atoms with van der Waals surface area (Å²) < 4.78 is 1.62. The first-order chi connectivity index (χ1) is 23.7. The molecule has 0 saturated carbocycles. The second-order valence-corrected chi connectivity index (χ2v) is 13.6. The molecule has 1 atom stereocenters. The molecule has 1 aromatic heterocycles. The van der Waals surface area contributed by atoms with Crippen molar-refractivity contribution in [2.75, 3.05) is 31.3 Å². The fourth-order valence-corrected chi connectivity index (χ4v) is 6.76. The number of thioether (sulfide) groups is 1. The number of hydrogen-bond acceptors (Lipinski definition) is 6. The summed E-state index contributed by atoms with van der Waals surface area (Å²) in [6.45, 7) is 7.48. The standard InChI is InChI=1S/C38H44ClN5O4S/c1-5-7-17-42(18-8-6-2)38(48)34-19-25(3)44(41-34)35-16-13-28(40-36(46)31-22-30(49-4)14-15-33(31)39)21-32(35)37(47)43-23-27-12-10-9-11-26(27)20-29(43)24-45/h9-16,19,21-22,29,45H,5-8,17-18,20,23-24H2,1-4H3,(H,40,46). The van der Waals surface area contributed by atoms with E-state index in [1.54, 1.807) is 46.0 Å². The van der Waals surface area contributed by atoms with E-state index < -0.39 is 11.9 Å². The first kappa shape index (κ1) is 36.2. The minimum atomic E-state index is -0.442. The van der Waals surface area contributed by atoms with Crippen LogP contribution in [-0.4, -0.2) is 74.4 Å². The molecule has 0 aliphatic carbocycles. The second kappa shape index (κ2) is 16.5. The number of rotatable bonds is 13. The minimum absolute atomic E-state index is 0.141. The van der Waals surface area contributed by atoms with Gasteiger partial charge in [0.05, 0.1) is 34.5 Å². The number of aliphatic hydroxyl groups excluding tert-OH is 1. The second-order valence-electron chi connectivity index (χ2n) is 12.4. The SMILES string of the molecule is CCCCN(CCCC)C(=O)c1cc(C)n(-c2ccc(NC(=O)c3cc(SC)ccc3Cl)cc2C(=O)N2Cc3ccccc3CC2CO)n1. The van der Waals surface area contributed by atoms with E-state index in [0.717, 1.165) is 41.7 Å². The van der Waals surface area contributed by atoms with Crippen LogP contribution in [0.25, 0.3) is 5.69 Å². The minimum Gasteiger partial charge on any atom is -0.394 e. The van der Waals surface area contributed by atoms with E-state index in [4.69, 9.17) is 16.7 Å². The molecular weight excluding hydrogens is 658 g/mol. The van der Waals surface area contributed by atoms with Crippen LogP contribution in [0.2, 0.25) is 5.02 Å². The lowest BCUT2D eigenvalue weighted by atomic mass is 9.93. The topological polar surface area (TPSA) is 108 Å². The maximum absolute atomic E-state index is 14.6. The zero-order valence-corrected chi connectivity index (χ0v) is 30.1. The van der Waals surface area contributed by atoms with Gasteiger partial charge in [0.25, 0.3) is 17.7 Å². The molecule has 0 radical (unpaired) electrons. The monoisotopic (exact) mass is 701 g/mol. The van der Waals surface area contributed by atoms with Crippen molar-refractivity contribution in [2.24, 2.45) is 0 Å². The molecule has 2 N–H and O–H groups in total. The predicted molar refractivity (Wildman–Crippen MR) is 196 cm³/mol. The lowest BCUT2D eigenvalue weighted by Crippen LogP contribution is -2.46. The Morgan fingerprint density at radius 3 is 2.37 bits per heavy atom. The quantitative estimate of drug-likeness (QED) is 0.141. The van der Waals surface area contributed by atoms with E-state index >= 15 is 0 Å². The first-order valence-electron chi connectivity index (χ1n) is 16.8. The van der Waals surface area contributed by atoms with Crippen LogP contribution in [0.5, 0.6) is 0 Å². The molecule has 9 nitrogen and oxygen atoms in total. The fourth-order valence-electron chi connectivity index (χ4n) is 6.11. The molecular formula is C38H44ClN5O4S. The zero-order chi connectivity index (χ0) is 35.1. The van der Waals surface area contributed by atoms with Gasteiger partial charge in [0.15, 0.2) is 5.69 Å². The van der Waals surface area contributed by atoms with Crippen LogP contribution in [-0.2, 0) is 13.0 Å². The summed E-state index contributed by atoms with van der Waals surface area (Å²) in [6, 6.07) is 19.6. The Bertz CT molecular complexity index is 1820. The number of carbonyl (C=O) groups excluding carboxylic acids is 3. The molecule has 3 aromatic carbocycles. The number of aromatic nitrogens is 2. The van der Waals surface area contributed by atoms with Gasteiger partial charge in [-0.3, -0.25) is 14.4 Å². The van der Waals surface area contributed by atoms with Gasteiger partial charge < -0.3 is 20.2 Å². The molecule has 2 heterocycles. The van der Waals surface area contributed by atoms with Crippen LogP contribution in [0.3, 0.4) is 0 Å². The molecule has 0 saturated heterocycles. The Morgan fingerprint density at radius 1 is 0.980 bits per heavy atom. The van der Waals surface area contributed by atoms with Gasteiger partial charge in [0, 0.05) is 35.9 Å². The molecule has 4 aromatic rings. The molecule has 11 heteroatoms. The van der Waals surface area contributed by atoms with Crippen molar-refractivity contribution < 1.29 is 19.5 Å². The summed E-state index contributed by atoms with van der Waals surface area (Å²) >= 11 is 7.91. The summed E-state index contributed by atoms with van der Waals surface area (Å²) in [6.07, 6.45) is 6.19. The van der Waals surface area contributed by atoms with Crippen molar-refractivity contribution in [3.8, 4) is 5.69 Å². The molecule has 5 rings (SSSR count). The molecule has 3 amide bonds. The number of aryl methyl sites for hydroxylation is 1. The molecule has 0 bridgehead atoms. The van der Waals surface area contributed by atoms with E-state index in [-0.39, 0.29) is 24.0 Å². The smallest absolute Gasteiger partial charge is 0.274 e. The number of hydrogen-bond donors (Lipinski definition) is 2. The van der Waals surface area contributed by atoms with Crippen LogP contribution >= 0.6 is 23.4 Å². The Kier molecular flexibility index (Phi) is 12.2. The molecule has 258 valence electrons. The molecule has 1 unspecified atom stereocenters. The van der Waals surface area contributed by atoms with Crippen LogP contribution < -0.4 is 5.32 Å². The number of aliphatic hydroxyl groups is 1. The Balaban J connectivity index is 1.55. The lowest BCUT2D eigenvalue weighted by molar-refractivity contribution is 0.0544. The highest BCUT2D eigenvalue weighted by Gasteiger charge is 2.32. The zero-order valence-electron chi connectivity index (χ0n) is 28.5. The normalized spacial score (nSPS) is 14.0. The predicted octanol–water partition coefficient (Wildman–Crippen LogP) is 7.41. The number of carbonyl (C=O) groups is 3. The summed E-state index contributed by atoms with van der Waals surface area (Å²) in [5.74, 6) is -0.871. The Morgan fingerprint density at radius 2 is 1.69 bits per heavy atom. The van der Waals surface area contributed by atoms with Gasteiger partial charge in [0.1, 0.15) is 0 Å². The number of nitrogens with one attached hydrogen (secondary N) is 1. The van der Waals surface area contributed by atoms with Crippen LogP contribution in [0.4, 0.5) is 5.69 Å². The van der Waals surface area contributed by atoms with Crippen molar-refractivity contribution in [1.29, 1.82) is 0 Å². The number of anilines is 1. The lowest BCUT2D eigenvalue weighted by Gasteiger charge is -2.36. The summed E-state index contributed by atoms with van der Waals surface area (Å²) in [4.78, 5) is 46.1. The van der Waals surface area contributed by atoms with Crippen molar-refractivity contribution in [2.45, 2.75) is 70.4 Å². The molecule has 1 aliphatic heterocycles. The highest BCUT2D eigenvalue weighted by atomic mass is 35.5. The largest absolute Gasteiger partial charge is 0.394 e.